The minimum absolute atomic E-state index is 0. The van der Waals surface area contributed by atoms with Gasteiger partial charge in [-0.1, -0.05) is 12.8 Å². The molecule has 0 atom stereocenters. The van der Waals surface area contributed by atoms with Crippen molar-refractivity contribution in [1.29, 1.82) is 0 Å². The Bertz CT molecular complexity index is 483. The molecule has 0 saturated carbocycles. The Balaban J connectivity index is 0.00000288. The van der Waals surface area contributed by atoms with Gasteiger partial charge in [0.25, 0.3) is 0 Å². The second-order valence-electron chi connectivity index (χ2n) is 6.21. The maximum atomic E-state index is 4.81. The summed E-state index contributed by atoms with van der Waals surface area (Å²) in [5.41, 5.74) is 1.12. The zero-order chi connectivity index (χ0) is 16.5. The van der Waals surface area contributed by atoms with Crippen LogP contribution in [0.1, 0.15) is 43.3 Å². The molecule has 1 N–H and O–H groups in total. The number of thiazole rings is 1. The van der Waals surface area contributed by atoms with Gasteiger partial charge < -0.3 is 15.1 Å². The molecule has 138 valence electrons. The van der Waals surface area contributed by atoms with Crippen molar-refractivity contribution in [3.63, 3.8) is 0 Å². The van der Waals surface area contributed by atoms with Crippen molar-refractivity contribution in [2.24, 2.45) is 4.99 Å². The van der Waals surface area contributed by atoms with Crippen molar-refractivity contribution in [3.8, 4) is 0 Å². The van der Waals surface area contributed by atoms with Crippen LogP contribution in [-0.4, -0.2) is 60.5 Å². The summed E-state index contributed by atoms with van der Waals surface area (Å²) in [6.45, 7) is 10.3. The van der Waals surface area contributed by atoms with Crippen molar-refractivity contribution >= 4 is 41.3 Å². The summed E-state index contributed by atoms with van der Waals surface area (Å²) in [5.74, 6) is 0.980. The summed E-state index contributed by atoms with van der Waals surface area (Å²) >= 11 is 1.71. The van der Waals surface area contributed by atoms with E-state index in [0.29, 0.717) is 0 Å². The van der Waals surface area contributed by atoms with Gasteiger partial charge in [-0.25, -0.2) is 4.98 Å². The van der Waals surface area contributed by atoms with Crippen LogP contribution in [0, 0.1) is 6.92 Å². The zero-order valence-corrected chi connectivity index (χ0v) is 18.4. The average molecular weight is 465 g/mol. The minimum Gasteiger partial charge on any atom is -0.357 e. The number of likely N-dealkylation sites (tertiary alicyclic amines) is 1. The first kappa shape index (κ1) is 21.6. The van der Waals surface area contributed by atoms with Crippen LogP contribution < -0.4 is 5.32 Å². The van der Waals surface area contributed by atoms with Gasteiger partial charge in [0.05, 0.1) is 23.8 Å². The van der Waals surface area contributed by atoms with Crippen LogP contribution in [0.3, 0.4) is 0 Å². The largest absolute Gasteiger partial charge is 0.357 e. The smallest absolute Gasteiger partial charge is 0.194 e. The second-order valence-corrected chi connectivity index (χ2v) is 7.27. The van der Waals surface area contributed by atoms with E-state index in [1.165, 1.54) is 38.8 Å². The van der Waals surface area contributed by atoms with Gasteiger partial charge in [-0.05, 0) is 39.8 Å². The maximum absolute atomic E-state index is 4.81. The standard InChI is InChI=1S/C17H31N5S.HI/c1-4-18-17(21(3)13-16-14-23-15(2)20-16)19-9-12-22-10-7-5-6-8-11-22;/h14H,4-13H2,1-3H3,(H,18,19);1H. The van der Waals surface area contributed by atoms with Crippen LogP contribution in [-0.2, 0) is 6.54 Å². The van der Waals surface area contributed by atoms with Crippen LogP contribution in [0.4, 0.5) is 0 Å². The number of aryl methyl sites for hydroxylation is 1. The first-order valence-electron chi connectivity index (χ1n) is 8.82. The Labute approximate surface area is 168 Å². The molecule has 1 aromatic heterocycles. The molecule has 1 saturated heterocycles. The van der Waals surface area contributed by atoms with Crippen LogP contribution >= 0.6 is 35.3 Å². The Kier molecular flexibility index (Phi) is 10.8. The lowest BCUT2D eigenvalue weighted by Gasteiger charge is -2.22. The van der Waals surface area contributed by atoms with Crippen molar-refractivity contribution < 1.29 is 0 Å². The first-order valence-corrected chi connectivity index (χ1v) is 9.70. The Morgan fingerprint density at radius 2 is 2.04 bits per heavy atom. The number of hydrogen-bond donors (Lipinski definition) is 1. The number of rotatable bonds is 6. The zero-order valence-electron chi connectivity index (χ0n) is 15.3. The van der Waals surface area contributed by atoms with Crippen LogP contribution in [0.2, 0.25) is 0 Å². The lowest BCUT2D eigenvalue weighted by Crippen LogP contribution is -2.39. The van der Waals surface area contributed by atoms with Crippen LogP contribution in [0.5, 0.6) is 0 Å². The average Bonchev–Trinajstić information content (AvgIpc) is 2.77. The second kappa shape index (κ2) is 12.0. The highest BCUT2D eigenvalue weighted by molar-refractivity contribution is 14.0. The summed E-state index contributed by atoms with van der Waals surface area (Å²) in [7, 11) is 2.09. The quantitative estimate of drug-likeness (QED) is 0.398. The lowest BCUT2D eigenvalue weighted by molar-refractivity contribution is 0.293. The van der Waals surface area contributed by atoms with E-state index in [4.69, 9.17) is 4.99 Å². The molecule has 0 radical (unpaired) electrons. The Morgan fingerprint density at radius 3 is 2.62 bits per heavy atom. The first-order chi connectivity index (χ1) is 11.2. The van der Waals surface area contributed by atoms with E-state index in [1.807, 2.05) is 0 Å². The summed E-state index contributed by atoms with van der Waals surface area (Å²) in [6.07, 6.45) is 5.45. The highest BCUT2D eigenvalue weighted by Gasteiger charge is 2.10. The molecule has 1 fully saturated rings. The lowest BCUT2D eigenvalue weighted by atomic mass is 10.2. The topological polar surface area (TPSA) is 43.8 Å². The van der Waals surface area contributed by atoms with E-state index < -0.39 is 0 Å². The Morgan fingerprint density at radius 1 is 1.33 bits per heavy atom. The Hall–Kier alpha value is -0.410. The van der Waals surface area contributed by atoms with Crippen LogP contribution in [0.25, 0.3) is 0 Å². The summed E-state index contributed by atoms with van der Waals surface area (Å²) < 4.78 is 0. The van der Waals surface area contributed by atoms with Gasteiger partial charge in [0.1, 0.15) is 0 Å². The fourth-order valence-corrected chi connectivity index (χ4v) is 3.53. The van der Waals surface area contributed by atoms with Gasteiger partial charge in [-0.2, -0.15) is 0 Å². The third-order valence-electron chi connectivity index (χ3n) is 4.14. The van der Waals surface area contributed by atoms with Gasteiger partial charge in [0.2, 0.25) is 0 Å². The number of hydrogen-bond acceptors (Lipinski definition) is 4. The molecule has 1 aliphatic rings. The number of nitrogens with zero attached hydrogens (tertiary/aromatic N) is 4. The number of aliphatic imine (C=N–C) groups is 1. The highest BCUT2D eigenvalue weighted by Crippen LogP contribution is 2.10. The molecule has 2 heterocycles. The van der Waals surface area contributed by atoms with Gasteiger partial charge in [0, 0.05) is 25.5 Å². The maximum Gasteiger partial charge on any atom is 0.194 e. The van der Waals surface area contributed by atoms with Gasteiger partial charge in [-0.3, -0.25) is 4.99 Å². The molecule has 0 aliphatic carbocycles. The molecular formula is C17H32IN5S. The monoisotopic (exact) mass is 465 g/mol. The van der Waals surface area contributed by atoms with Gasteiger partial charge >= 0.3 is 0 Å². The molecule has 0 bridgehead atoms. The van der Waals surface area contributed by atoms with Crippen molar-refractivity contribution in [3.05, 3.63) is 16.1 Å². The van der Waals surface area contributed by atoms with E-state index in [0.717, 1.165) is 42.8 Å². The highest BCUT2D eigenvalue weighted by atomic mass is 127. The molecular weight excluding hydrogens is 433 g/mol. The predicted octanol–water partition coefficient (Wildman–Crippen LogP) is 3.34. The number of nitrogens with one attached hydrogen (secondary N) is 1. The summed E-state index contributed by atoms with van der Waals surface area (Å²) in [6, 6.07) is 0. The van der Waals surface area contributed by atoms with Gasteiger partial charge in [-0.15, -0.1) is 35.3 Å². The molecule has 0 amide bonds. The van der Waals surface area contributed by atoms with Crippen molar-refractivity contribution in [2.45, 2.75) is 46.1 Å². The molecule has 7 heteroatoms. The SMILES string of the molecule is CCNC(=NCCN1CCCCCC1)N(C)Cc1csc(C)n1.I. The number of guanidine groups is 1. The fourth-order valence-electron chi connectivity index (χ4n) is 2.93. The molecule has 0 spiro atoms. The third kappa shape index (κ3) is 7.65. The number of aromatic nitrogens is 1. The molecule has 1 aliphatic heterocycles. The van der Waals surface area contributed by atoms with Gasteiger partial charge in [0.15, 0.2) is 5.96 Å². The predicted molar refractivity (Wildman–Crippen MR) is 115 cm³/mol. The van der Waals surface area contributed by atoms with Crippen molar-refractivity contribution in [2.75, 3.05) is 39.8 Å². The fraction of sp³-hybridized carbons (Fsp3) is 0.765. The molecule has 24 heavy (non-hydrogen) atoms. The molecule has 0 unspecified atom stereocenters. The van der Waals surface area contributed by atoms with Crippen molar-refractivity contribution in [1.82, 2.24) is 20.1 Å². The van der Waals surface area contributed by atoms with E-state index in [9.17, 15) is 0 Å². The third-order valence-corrected chi connectivity index (χ3v) is 4.96. The van der Waals surface area contributed by atoms with E-state index in [2.05, 4.69) is 46.4 Å². The molecule has 5 nitrogen and oxygen atoms in total. The minimum atomic E-state index is 0. The summed E-state index contributed by atoms with van der Waals surface area (Å²) in [4.78, 5) is 14.1. The van der Waals surface area contributed by atoms with E-state index >= 15 is 0 Å². The normalized spacial score (nSPS) is 16.4. The molecule has 1 aromatic rings. The van der Waals surface area contributed by atoms with Crippen LogP contribution in [0.15, 0.2) is 10.4 Å². The van der Waals surface area contributed by atoms with E-state index in [-0.39, 0.29) is 24.0 Å². The summed E-state index contributed by atoms with van der Waals surface area (Å²) in [5, 5.41) is 6.65. The van der Waals surface area contributed by atoms with E-state index in [1.54, 1.807) is 11.3 Å². The molecule has 2 rings (SSSR count). The number of halogens is 1. The molecule has 0 aromatic carbocycles.